The first-order chi connectivity index (χ1) is 17.3. The number of nitrogens with two attached hydrogens (primary N) is 1. The fourth-order valence-electron chi connectivity index (χ4n) is 3.47. The highest BCUT2D eigenvalue weighted by Crippen LogP contribution is 2.30. The van der Waals surface area contributed by atoms with Crippen LogP contribution in [0.1, 0.15) is 58.9 Å². The van der Waals surface area contributed by atoms with Gasteiger partial charge < -0.3 is 19.6 Å². The van der Waals surface area contributed by atoms with E-state index in [9.17, 15) is 14.4 Å². The molecule has 0 saturated heterocycles. The molecule has 1 unspecified atom stereocenters. The molecule has 0 saturated carbocycles. The van der Waals surface area contributed by atoms with Gasteiger partial charge in [0.1, 0.15) is 22.9 Å². The molecule has 0 spiro atoms. The Labute approximate surface area is 212 Å². The monoisotopic (exact) mass is 515 g/mol. The highest BCUT2D eigenvalue weighted by Gasteiger charge is 2.32. The molecule has 192 valence electrons. The molecule has 0 radical (unpaired) electrons. The van der Waals surface area contributed by atoms with Gasteiger partial charge in [-0.15, -0.1) is 10.2 Å². The Hall–Kier alpha value is -3.80. The van der Waals surface area contributed by atoms with Crippen LogP contribution in [0.25, 0.3) is 0 Å². The minimum atomic E-state index is -0.856. The van der Waals surface area contributed by atoms with E-state index in [-0.39, 0.29) is 41.9 Å². The summed E-state index contributed by atoms with van der Waals surface area (Å²) in [6, 6.07) is 9.12. The van der Waals surface area contributed by atoms with Gasteiger partial charge in [0.2, 0.25) is 17.7 Å². The van der Waals surface area contributed by atoms with Crippen molar-refractivity contribution in [3.05, 3.63) is 52.8 Å². The Morgan fingerprint density at radius 2 is 1.72 bits per heavy atom. The molecule has 0 fully saturated rings. The van der Waals surface area contributed by atoms with Crippen LogP contribution in [0.2, 0.25) is 0 Å². The van der Waals surface area contributed by atoms with Gasteiger partial charge in [-0.25, -0.2) is 9.59 Å². The third-order valence-electron chi connectivity index (χ3n) is 5.20. The van der Waals surface area contributed by atoms with Crippen LogP contribution in [0.3, 0.4) is 0 Å². The molecule has 0 aliphatic carbocycles. The van der Waals surface area contributed by atoms with Crippen molar-refractivity contribution in [3.63, 3.8) is 0 Å². The second-order valence-electron chi connectivity index (χ2n) is 7.64. The van der Waals surface area contributed by atoms with Crippen LogP contribution in [0.15, 0.2) is 39.9 Å². The Bertz CT molecular complexity index is 1220. The first-order valence-corrected chi connectivity index (χ1v) is 12.4. The highest BCUT2D eigenvalue weighted by molar-refractivity contribution is 7.99. The standard InChI is InChI=1S/C24H29N5O6S/c1-5-33-21(31)17-15(4)35-20(18(17)22(32)34-6-2)26-19(30)14(3)29-23(25)27-28-24(29)36-13-12-16-10-8-7-9-11-16/h7-11,14H,5-6,12-13H2,1-4H3,(H2,25,27)(H,26,30). The van der Waals surface area contributed by atoms with Crippen molar-refractivity contribution in [1.82, 2.24) is 14.8 Å². The zero-order valence-electron chi connectivity index (χ0n) is 20.6. The summed E-state index contributed by atoms with van der Waals surface area (Å²) >= 11 is 1.42. The largest absolute Gasteiger partial charge is 0.462 e. The predicted octanol–water partition coefficient (Wildman–Crippen LogP) is 3.65. The van der Waals surface area contributed by atoms with E-state index in [1.165, 1.54) is 28.8 Å². The van der Waals surface area contributed by atoms with E-state index in [0.29, 0.717) is 10.9 Å². The number of nitrogens with one attached hydrogen (secondary N) is 1. The van der Waals surface area contributed by atoms with Gasteiger partial charge in [-0.2, -0.15) is 0 Å². The number of nitrogens with zero attached hydrogens (tertiary/aromatic N) is 3. The van der Waals surface area contributed by atoms with Crippen molar-refractivity contribution in [3.8, 4) is 0 Å². The number of hydrogen-bond donors (Lipinski definition) is 2. The van der Waals surface area contributed by atoms with Crippen LogP contribution in [-0.4, -0.2) is 51.6 Å². The number of anilines is 2. The van der Waals surface area contributed by atoms with Gasteiger partial charge in [0.15, 0.2) is 5.16 Å². The molecule has 11 nitrogen and oxygen atoms in total. The van der Waals surface area contributed by atoms with E-state index in [1.54, 1.807) is 20.8 Å². The van der Waals surface area contributed by atoms with Crippen LogP contribution >= 0.6 is 11.8 Å². The lowest BCUT2D eigenvalue weighted by atomic mass is 10.1. The van der Waals surface area contributed by atoms with E-state index in [4.69, 9.17) is 19.6 Å². The SMILES string of the molecule is CCOC(=O)c1c(C)oc(NC(=O)C(C)n2c(N)nnc2SCCc2ccccc2)c1C(=O)OCC. The number of ether oxygens (including phenoxy) is 2. The van der Waals surface area contributed by atoms with Crippen molar-refractivity contribution in [2.75, 3.05) is 30.0 Å². The number of amides is 1. The Kier molecular flexibility index (Phi) is 9.12. The lowest BCUT2D eigenvalue weighted by molar-refractivity contribution is -0.119. The van der Waals surface area contributed by atoms with E-state index >= 15 is 0 Å². The first kappa shape index (κ1) is 26.8. The summed E-state index contributed by atoms with van der Waals surface area (Å²) in [5.41, 5.74) is 6.88. The van der Waals surface area contributed by atoms with E-state index in [0.717, 1.165) is 6.42 Å². The maximum atomic E-state index is 13.2. The fraction of sp³-hybridized carbons (Fsp3) is 0.375. The first-order valence-electron chi connectivity index (χ1n) is 11.4. The van der Waals surface area contributed by atoms with Crippen LogP contribution in [0, 0.1) is 6.92 Å². The molecule has 0 aliphatic rings. The van der Waals surface area contributed by atoms with Gasteiger partial charge in [0.25, 0.3) is 0 Å². The zero-order valence-corrected chi connectivity index (χ0v) is 21.4. The lowest BCUT2D eigenvalue weighted by Crippen LogP contribution is -2.26. The van der Waals surface area contributed by atoms with Crippen molar-refractivity contribution in [1.29, 1.82) is 0 Å². The summed E-state index contributed by atoms with van der Waals surface area (Å²) in [5, 5.41) is 11.1. The summed E-state index contributed by atoms with van der Waals surface area (Å²) in [7, 11) is 0. The minimum Gasteiger partial charge on any atom is -0.462 e. The van der Waals surface area contributed by atoms with E-state index in [2.05, 4.69) is 15.5 Å². The van der Waals surface area contributed by atoms with E-state index in [1.807, 2.05) is 30.3 Å². The Morgan fingerprint density at radius 1 is 1.08 bits per heavy atom. The summed E-state index contributed by atoms with van der Waals surface area (Å²) in [6.45, 7) is 6.54. The minimum absolute atomic E-state index is 0.0633. The number of aromatic nitrogens is 3. The molecular formula is C24H29N5O6S. The third-order valence-corrected chi connectivity index (χ3v) is 6.15. The van der Waals surface area contributed by atoms with Crippen LogP contribution in [-0.2, 0) is 20.7 Å². The molecule has 3 rings (SSSR count). The molecule has 36 heavy (non-hydrogen) atoms. The fourth-order valence-corrected chi connectivity index (χ4v) is 4.48. The number of carbonyl (C=O) groups excluding carboxylic acids is 3. The lowest BCUT2D eigenvalue weighted by Gasteiger charge is -2.16. The number of aryl methyl sites for hydroxylation is 2. The number of furan rings is 1. The van der Waals surface area contributed by atoms with Gasteiger partial charge in [0, 0.05) is 5.75 Å². The van der Waals surface area contributed by atoms with E-state index < -0.39 is 23.9 Å². The summed E-state index contributed by atoms with van der Waals surface area (Å²) in [6.07, 6.45) is 0.796. The number of esters is 2. The number of rotatable bonds is 11. The van der Waals surface area contributed by atoms with Gasteiger partial charge in [-0.1, -0.05) is 42.1 Å². The van der Waals surface area contributed by atoms with Gasteiger partial charge >= 0.3 is 11.9 Å². The number of thioether (sulfide) groups is 1. The molecule has 1 aromatic carbocycles. The average molecular weight is 516 g/mol. The van der Waals surface area contributed by atoms with Gasteiger partial charge in [0.05, 0.1) is 13.2 Å². The zero-order chi connectivity index (χ0) is 26.2. The predicted molar refractivity (Wildman–Crippen MR) is 134 cm³/mol. The topological polar surface area (TPSA) is 152 Å². The number of nitrogen functional groups attached to an aromatic ring is 1. The van der Waals surface area contributed by atoms with Crippen LogP contribution < -0.4 is 11.1 Å². The Balaban J connectivity index is 1.81. The molecule has 3 aromatic rings. The maximum absolute atomic E-state index is 13.2. The number of carbonyl (C=O) groups is 3. The molecule has 2 aromatic heterocycles. The molecule has 1 amide bonds. The molecular weight excluding hydrogens is 486 g/mol. The average Bonchev–Trinajstić information content (AvgIpc) is 3.38. The van der Waals surface area contributed by atoms with Crippen molar-refractivity contribution in [2.45, 2.75) is 45.3 Å². The van der Waals surface area contributed by atoms with Crippen LogP contribution in [0.5, 0.6) is 0 Å². The maximum Gasteiger partial charge on any atom is 0.344 e. The summed E-state index contributed by atoms with van der Waals surface area (Å²) < 4.78 is 17.2. The molecule has 2 heterocycles. The molecule has 0 aliphatic heterocycles. The third kappa shape index (κ3) is 6.06. The second-order valence-corrected chi connectivity index (χ2v) is 8.70. The molecule has 0 bridgehead atoms. The van der Waals surface area contributed by atoms with Crippen LogP contribution in [0.4, 0.5) is 11.8 Å². The highest BCUT2D eigenvalue weighted by atomic mass is 32.2. The molecule has 1 atom stereocenters. The quantitative estimate of drug-likeness (QED) is 0.286. The normalized spacial score (nSPS) is 11.7. The van der Waals surface area contributed by atoms with Crippen molar-refractivity contribution in [2.24, 2.45) is 0 Å². The molecule has 3 N–H and O–H groups in total. The van der Waals surface area contributed by atoms with Gasteiger partial charge in [-0.3, -0.25) is 14.7 Å². The summed E-state index contributed by atoms with van der Waals surface area (Å²) in [4.78, 5) is 38.3. The number of hydrogen-bond acceptors (Lipinski definition) is 10. The number of benzene rings is 1. The van der Waals surface area contributed by atoms with Gasteiger partial charge in [-0.05, 0) is 39.7 Å². The second kappa shape index (κ2) is 12.2. The van der Waals surface area contributed by atoms with Crippen molar-refractivity contribution >= 4 is 41.4 Å². The Morgan fingerprint density at radius 3 is 2.36 bits per heavy atom. The molecule has 12 heteroatoms. The van der Waals surface area contributed by atoms with Crippen molar-refractivity contribution < 1.29 is 28.3 Å². The smallest absolute Gasteiger partial charge is 0.344 e. The summed E-state index contributed by atoms with van der Waals surface area (Å²) in [5.74, 6) is -1.47.